The maximum Gasteiger partial charge on any atom is 0.326 e. The highest BCUT2D eigenvalue weighted by molar-refractivity contribution is 7.18. The van der Waals surface area contributed by atoms with Crippen molar-refractivity contribution >= 4 is 22.4 Å². The third kappa shape index (κ3) is 2.65. The molecular weight excluding hydrogens is 256 g/mol. The van der Waals surface area contributed by atoms with Crippen molar-refractivity contribution in [2.75, 3.05) is 5.32 Å². The van der Waals surface area contributed by atoms with E-state index in [0.717, 1.165) is 0 Å². The molecule has 0 aliphatic rings. The zero-order valence-electron chi connectivity index (χ0n) is 9.82. The molecule has 0 fully saturated rings. The number of carboxylic acid groups (broad SMARTS) is 1. The van der Waals surface area contributed by atoms with Crippen molar-refractivity contribution < 1.29 is 14.4 Å². The number of hydrogen-bond acceptors (Lipinski definition) is 7. The van der Waals surface area contributed by atoms with Crippen LogP contribution in [-0.4, -0.2) is 32.5 Å². The predicted molar refractivity (Wildman–Crippen MR) is 65.3 cm³/mol. The summed E-state index contributed by atoms with van der Waals surface area (Å²) in [5.74, 6) is -0.968. The van der Waals surface area contributed by atoms with Crippen LogP contribution in [0.15, 0.2) is 16.9 Å². The Balaban J connectivity index is 2.13. The fraction of sp³-hybridized carbons (Fsp3) is 0.400. The summed E-state index contributed by atoms with van der Waals surface area (Å²) < 4.78 is 4.71. The van der Waals surface area contributed by atoms with E-state index >= 15 is 0 Å². The van der Waals surface area contributed by atoms with Crippen LogP contribution in [0.25, 0.3) is 10.7 Å². The summed E-state index contributed by atoms with van der Waals surface area (Å²) in [6, 6.07) is 0.977. The molecule has 0 radical (unpaired) electrons. The van der Waals surface area contributed by atoms with Crippen molar-refractivity contribution in [3.8, 4) is 10.7 Å². The second-order valence-electron chi connectivity index (χ2n) is 4.00. The quantitative estimate of drug-likeness (QED) is 0.851. The lowest BCUT2D eigenvalue weighted by atomic mass is 10.1. The van der Waals surface area contributed by atoms with Gasteiger partial charge in [0.25, 0.3) is 0 Å². The van der Waals surface area contributed by atoms with E-state index in [4.69, 9.17) is 9.63 Å². The molecule has 0 aliphatic carbocycles. The molecule has 96 valence electrons. The fourth-order valence-electron chi connectivity index (χ4n) is 1.35. The van der Waals surface area contributed by atoms with Gasteiger partial charge in [-0.2, -0.15) is 0 Å². The molecule has 2 N–H and O–H groups in total. The lowest BCUT2D eigenvalue weighted by molar-refractivity contribution is -0.138. The molecule has 0 bridgehead atoms. The Kier molecular flexibility index (Phi) is 3.56. The first-order valence-electron chi connectivity index (χ1n) is 5.31. The fourth-order valence-corrected chi connectivity index (χ4v) is 2.10. The lowest BCUT2D eigenvalue weighted by Crippen LogP contribution is -2.34. The predicted octanol–water partition coefficient (Wildman–Crippen LogP) is 1.71. The molecule has 0 saturated heterocycles. The van der Waals surface area contributed by atoms with E-state index in [9.17, 15) is 4.79 Å². The van der Waals surface area contributed by atoms with Crippen molar-refractivity contribution in [3.05, 3.63) is 12.3 Å². The first-order valence-corrected chi connectivity index (χ1v) is 6.13. The summed E-state index contributed by atoms with van der Waals surface area (Å²) in [6.45, 7) is 3.65. The Morgan fingerprint density at radius 3 is 2.83 bits per heavy atom. The summed E-state index contributed by atoms with van der Waals surface area (Å²) in [4.78, 5) is 11.0. The maximum atomic E-state index is 11.0. The molecule has 2 aromatic rings. The van der Waals surface area contributed by atoms with Gasteiger partial charge in [0.1, 0.15) is 18.0 Å². The lowest BCUT2D eigenvalue weighted by Gasteiger charge is -2.16. The minimum absolute atomic E-state index is 0.0538. The van der Waals surface area contributed by atoms with Crippen LogP contribution >= 0.6 is 11.3 Å². The Morgan fingerprint density at radius 1 is 1.50 bits per heavy atom. The zero-order valence-corrected chi connectivity index (χ0v) is 10.6. The van der Waals surface area contributed by atoms with Gasteiger partial charge in [-0.25, -0.2) is 4.79 Å². The average molecular weight is 268 g/mol. The van der Waals surface area contributed by atoms with E-state index in [-0.39, 0.29) is 5.92 Å². The van der Waals surface area contributed by atoms with Gasteiger partial charge in [-0.05, 0) is 5.92 Å². The molecule has 2 heterocycles. The third-order valence-electron chi connectivity index (χ3n) is 2.29. The van der Waals surface area contributed by atoms with Gasteiger partial charge in [-0.15, -0.1) is 10.2 Å². The number of aliphatic carboxylic acids is 1. The van der Waals surface area contributed by atoms with Gasteiger partial charge in [0.2, 0.25) is 5.13 Å². The molecule has 1 atom stereocenters. The Labute approximate surface area is 107 Å². The summed E-state index contributed by atoms with van der Waals surface area (Å²) >= 11 is 1.23. The molecular formula is C10H12N4O3S. The number of nitrogens with zero attached hydrogens (tertiary/aromatic N) is 3. The second kappa shape index (κ2) is 5.13. The maximum absolute atomic E-state index is 11.0. The molecule has 8 heteroatoms. The molecule has 0 aliphatic heterocycles. The van der Waals surface area contributed by atoms with Crippen LogP contribution in [0.1, 0.15) is 13.8 Å². The van der Waals surface area contributed by atoms with Crippen LogP contribution in [0, 0.1) is 5.92 Å². The number of anilines is 1. The number of carbonyl (C=O) groups is 1. The topological polar surface area (TPSA) is 101 Å². The molecule has 2 aromatic heterocycles. The van der Waals surface area contributed by atoms with Gasteiger partial charge in [-0.3, -0.25) is 0 Å². The van der Waals surface area contributed by atoms with Crippen LogP contribution in [0.2, 0.25) is 0 Å². The van der Waals surface area contributed by atoms with Gasteiger partial charge in [0, 0.05) is 6.07 Å². The Bertz CT molecular complexity index is 523. The molecule has 18 heavy (non-hydrogen) atoms. The standard InChI is InChI=1S/C10H12N4O3S/c1-5(2)7(9(15)16)11-10-13-12-8(18-10)6-3-4-17-14-6/h3-5,7H,1-2H3,(H,11,13)(H,15,16)/t7-/m0/s1. The number of carboxylic acids is 1. The second-order valence-corrected chi connectivity index (χ2v) is 4.98. The SMILES string of the molecule is CC(C)[C@H](Nc1nnc(-c2ccon2)s1)C(=O)O. The van der Waals surface area contributed by atoms with Crippen molar-refractivity contribution in [2.24, 2.45) is 5.92 Å². The van der Waals surface area contributed by atoms with E-state index in [1.165, 1.54) is 17.6 Å². The largest absolute Gasteiger partial charge is 0.480 e. The van der Waals surface area contributed by atoms with E-state index in [2.05, 4.69) is 20.7 Å². The van der Waals surface area contributed by atoms with Gasteiger partial charge in [0.05, 0.1) is 0 Å². The highest BCUT2D eigenvalue weighted by Crippen LogP contribution is 2.25. The van der Waals surface area contributed by atoms with Gasteiger partial charge in [0.15, 0.2) is 5.01 Å². The Morgan fingerprint density at radius 2 is 2.28 bits per heavy atom. The van der Waals surface area contributed by atoms with Crippen molar-refractivity contribution in [3.63, 3.8) is 0 Å². The van der Waals surface area contributed by atoms with E-state index < -0.39 is 12.0 Å². The van der Waals surface area contributed by atoms with Crippen LogP contribution < -0.4 is 5.32 Å². The number of rotatable bonds is 5. The zero-order chi connectivity index (χ0) is 13.1. The first-order chi connectivity index (χ1) is 8.58. The molecule has 0 spiro atoms. The van der Waals surface area contributed by atoms with E-state index in [0.29, 0.717) is 15.8 Å². The average Bonchev–Trinajstić information content (AvgIpc) is 2.95. The monoisotopic (exact) mass is 268 g/mol. The first kappa shape index (κ1) is 12.5. The molecule has 0 saturated carbocycles. The van der Waals surface area contributed by atoms with E-state index in [1.807, 2.05) is 13.8 Å². The Hall–Kier alpha value is -1.96. The van der Waals surface area contributed by atoms with Gasteiger partial charge >= 0.3 is 5.97 Å². The summed E-state index contributed by atoms with van der Waals surface area (Å²) in [5.41, 5.74) is 0.581. The van der Waals surface area contributed by atoms with Crippen LogP contribution in [0.4, 0.5) is 5.13 Å². The van der Waals surface area contributed by atoms with Crippen LogP contribution in [0.5, 0.6) is 0 Å². The van der Waals surface area contributed by atoms with Crippen molar-refractivity contribution in [1.82, 2.24) is 15.4 Å². The highest BCUT2D eigenvalue weighted by Gasteiger charge is 2.22. The minimum Gasteiger partial charge on any atom is -0.480 e. The van der Waals surface area contributed by atoms with E-state index in [1.54, 1.807) is 6.07 Å². The molecule has 7 nitrogen and oxygen atoms in total. The molecule has 0 amide bonds. The number of hydrogen-bond donors (Lipinski definition) is 2. The third-order valence-corrected chi connectivity index (χ3v) is 3.17. The summed E-state index contributed by atoms with van der Waals surface area (Å²) in [5, 5.41) is 24.5. The normalized spacial score (nSPS) is 12.6. The molecule has 0 aromatic carbocycles. The summed E-state index contributed by atoms with van der Waals surface area (Å²) in [7, 11) is 0. The van der Waals surface area contributed by atoms with Crippen molar-refractivity contribution in [1.29, 1.82) is 0 Å². The van der Waals surface area contributed by atoms with Gasteiger partial charge < -0.3 is 14.9 Å². The van der Waals surface area contributed by atoms with Gasteiger partial charge in [-0.1, -0.05) is 30.3 Å². The van der Waals surface area contributed by atoms with Crippen molar-refractivity contribution in [2.45, 2.75) is 19.9 Å². The summed E-state index contributed by atoms with van der Waals surface area (Å²) in [6.07, 6.45) is 1.44. The molecule has 2 rings (SSSR count). The smallest absolute Gasteiger partial charge is 0.326 e. The number of nitrogens with one attached hydrogen (secondary N) is 1. The number of aromatic nitrogens is 3. The minimum atomic E-state index is -0.914. The van der Waals surface area contributed by atoms with Crippen LogP contribution in [-0.2, 0) is 4.79 Å². The highest BCUT2D eigenvalue weighted by atomic mass is 32.1. The van der Waals surface area contributed by atoms with Crippen LogP contribution in [0.3, 0.4) is 0 Å². The molecule has 0 unspecified atom stereocenters.